The summed E-state index contributed by atoms with van der Waals surface area (Å²) in [4.78, 5) is 0. The zero-order valence-corrected chi connectivity index (χ0v) is 9.04. The highest BCUT2D eigenvalue weighted by molar-refractivity contribution is 7.89. The number of hydrogen-bond acceptors (Lipinski definition) is 4. The Morgan fingerprint density at radius 1 is 1.40 bits per heavy atom. The Bertz CT molecular complexity index is 598. The molecule has 2 rings (SSSR count). The van der Waals surface area contributed by atoms with Crippen molar-refractivity contribution < 1.29 is 12.8 Å². The molecule has 80 valence electrons. The maximum Gasteiger partial charge on any atom is 0.157 e. The van der Waals surface area contributed by atoms with Gasteiger partial charge in [-0.3, -0.25) is 0 Å². The summed E-state index contributed by atoms with van der Waals surface area (Å²) in [5.74, 6) is 0.326. The molecule has 0 amide bonds. The van der Waals surface area contributed by atoms with Crippen LogP contribution >= 0.6 is 0 Å². The number of nitrogens with two attached hydrogens (primary N) is 1. The van der Waals surface area contributed by atoms with Gasteiger partial charge < -0.3 is 10.2 Å². The molecule has 0 aliphatic heterocycles. The first-order valence-corrected chi connectivity index (χ1v) is 6.46. The molecule has 0 aliphatic rings. The number of furan rings is 1. The molecule has 0 bridgehead atoms. The summed E-state index contributed by atoms with van der Waals surface area (Å²) in [5, 5.41) is 0.827. The van der Waals surface area contributed by atoms with Gasteiger partial charge in [-0.2, -0.15) is 0 Å². The second-order valence-electron chi connectivity index (χ2n) is 3.55. The second kappa shape index (κ2) is 3.27. The molecule has 0 atom stereocenters. The van der Waals surface area contributed by atoms with Crippen LogP contribution in [-0.4, -0.2) is 14.7 Å². The standard InChI is InChI=1S/C10H11NO3S/c1-15(12,13)6-8-5-7-3-2-4-9(11)10(7)14-8/h2-5H,6,11H2,1H3. The van der Waals surface area contributed by atoms with Crippen molar-refractivity contribution in [2.75, 3.05) is 12.0 Å². The largest absolute Gasteiger partial charge is 0.458 e. The van der Waals surface area contributed by atoms with E-state index in [4.69, 9.17) is 10.2 Å². The van der Waals surface area contributed by atoms with Gasteiger partial charge in [0.2, 0.25) is 0 Å². The predicted octanol–water partition coefficient (Wildman–Crippen LogP) is 1.56. The van der Waals surface area contributed by atoms with Crippen LogP contribution in [0.3, 0.4) is 0 Å². The number of fused-ring (bicyclic) bond motifs is 1. The molecule has 1 aromatic heterocycles. The highest BCUT2D eigenvalue weighted by atomic mass is 32.2. The van der Waals surface area contributed by atoms with Crippen LogP contribution in [0.15, 0.2) is 28.7 Å². The van der Waals surface area contributed by atoms with Gasteiger partial charge in [0.05, 0.1) is 5.69 Å². The fraction of sp³-hybridized carbons (Fsp3) is 0.200. The highest BCUT2D eigenvalue weighted by Gasteiger charge is 2.11. The molecule has 0 spiro atoms. The first kappa shape index (κ1) is 10.0. The molecule has 0 saturated heterocycles. The average molecular weight is 225 g/mol. The lowest BCUT2D eigenvalue weighted by Crippen LogP contribution is -1.98. The van der Waals surface area contributed by atoms with E-state index in [-0.39, 0.29) is 5.75 Å². The third-order valence-electron chi connectivity index (χ3n) is 2.03. The van der Waals surface area contributed by atoms with Gasteiger partial charge >= 0.3 is 0 Å². The number of para-hydroxylation sites is 1. The number of sulfone groups is 1. The van der Waals surface area contributed by atoms with Gasteiger partial charge in [-0.1, -0.05) is 12.1 Å². The van der Waals surface area contributed by atoms with Gasteiger partial charge in [-0.05, 0) is 12.1 Å². The zero-order chi connectivity index (χ0) is 11.1. The second-order valence-corrected chi connectivity index (χ2v) is 5.69. The minimum Gasteiger partial charge on any atom is -0.458 e. The molecule has 5 heteroatoms. The molecule has 0 aliphatic carbocycles. The van der Waals surface area contributed by atoms with Gasteiger partial charge in [-0.15, -0.1) is 0 Å². The van der Waals surface area contributed by atoms with E-state index < -0.39 is 9.84 Å². The number of benzene rings is 1. The maximum atomic E-state index is 11.1. The van der Waals surface area contributed by atoms with Crippen LogP contribution in [0.2, 0.25) is 0 Å². The molecule has 0 radical (unpaired) electrons. The first-order valence-electron chi connectivity index (χ1n) is 4.40. The Labute approximate surface area is 87.6 Å². The summed E-state index contributed by atoms with van der Waals surface area (Å²) in [6.07, 6.45) is 1.17. The molecule has 1 heterocycles. The summed E-state index contributed by atoms with van der Waals surface area (Å²) in [5.41, 5.74) is 6.76. The monoisotopic (exact) mass is 225 g/mol. The smallest absolute Gasteiger partial charge is 0.157 e. The van der Waals surface area contributed by atoms with E-state index in [2.05, 4.69) is 0 Å². The fourth-order valence-corrected chi connectivity index (χ4v) is 2.13. The zero-order valence-electron chi connectivity index (χ0n) is 8.23. The molecule has 1 aromatic carbocycles. The van der Waals surface area contributed by atoms with E-state index in [1.54, 1.807) is 18.2 Å². The van der Waals surface area contributed by atoms with Crippen LogP contribution in [0.1, 0.15) is 5.76 Å². The van der Waals surface area contributed by atoms with Gasteiger partial charge in [0, 0.05) is 11.6 Å². The molecule has 2 aromatic rings. The third kappa shape index (κ3) is 2.12. The molecular formula is C10H11NO3S. The Kier molecular flexibility index (Phi) is 2.19. The van der Waals surface area contributed by atoms with E-state index in [0.717, 1.165) is 5.39 Å². The SMILES string of the molecule is CS(=O)(=O)Cc1cc2cccc(N)c2o1. The summed E-state index contributed by atoms with van der Waals surface area (Å²) in [7, 11) is -3.07. The summed E-state index contributed by atoms with van der Waals surface area (Å²) in [6, 6.07) is 7.06. The molecule has 4 nitrogen and oxygen atoms in total. The van der Waals surface area contributed by atoms with Crippen molar-refractivity contribution in [1.29, 1.82) is 0 Å². The normalized spacial score (nSPS) is 12.1. The van der Waals surface area contributed by atoms with Crippen molar-refractivity contribution in [3.05, 3.63) is 30.0 Å². The molecule has 0 saturated carbocycles. The topological polar surface area (TPSA) is 73.3 Å². The lowest BCUT2D eigenvalue weighted by atomic mass is 10.2. The molecule has 0 unspecified atom stereocenters. The predicted molar refractivity (Wildman–Crippen MR) is 59.2 cm³/mol. The number of hydrogen-bond donors (Lipinski definition) is 1. The quantitative estimate of drug-likeness (QED) is 0.787. The summed E-state index contributed by atoms with van der Waals surface area (Å²) >= 11 is 0. The van der Waals surface area contributed by atoms with Gasteiger partial charge in [0.1, 0.15) is 11.5 Å². The van der Waals surface area contributed by atoms with Crippen LogP contribution in [0, 0.1) is 0 Å². The van der Waals surface area contributed by atoms with Crippen molar-refractivity contribution in [2.45, 2.75) is 5.75 Å². The minimum absolute atomic E-state index is 0.0961. The lowest BCUT2D eigenvalue weighted by Gasteiger charge is -1.93. The Hall–Kier alpha value is -1.49. The van der Waals surface area contributed by atoms with E-state index in [0.29, 0.717) is 17.0 Å². The van der Waals surface area contributed by atoms with Gasteiger partial charge in [0.25, 0.3) is 0 Å². The van der Waals surface area contributed by atoms with Crippen molar-refractivity contribution in [3.63, 3.8) is 0 Å². The maximum absolute atomic E-state index is 11.1. The average Bonchev–Trinajstić information content (AvgIpc) is 2.45. The Morgan fingerprint density at radius 3 is 2.73 bits per heavy atom. The van der Waals surface area contributed by atoms with Crippen LogP contribution < -0.4 is 5.73 Å². The third-order valence-corrected chi connectivity index (χ3v) is 2.84. The van der Waals surface area contributed by atoms with E-state index >= 15 is 0 Å². The van der Waals surface area contributed by atoms with E-state index in [9.17, 15) is 8.42 Å². The van der Waals surface area contributed by atoms with Gasteiger partial charge in [0.15, 0.2) is 15.4 Å². The van der Waals surface area contributed by atoms with Crippen LogP contribution in [0.5, 0.6) is 0 Å². The number of nitrogen functional groups attached to an aromatic ring is 1. The van der Waals surface area contributed by atoms with E-state index in [1.165, 1.54) is 6.26 Å². The molecule has 15 heavy (non-hydrogen) atoms. The Balaban J connectivity index is 2.53. The van der Waals surface area contributed by atoms with Crippen LogP contribution in [-0.2, 0) is 15.6 Å². The lowest BCUT2D eigenvalue weighted by molar-refractivity contribution is 0.557. The number of anilines is 1. The van der Waals surface area contributed by atoms with Crippen molar-refractivity contribution in [2.24, 2.45) is 0 Å². The van der Waals surface area contributed by atoms with Crippen molar-refractivity contribution in [3.8, 4) is 0 Å². The Morgan fingerprint density at radius 2 is 2.13 bits per heavy atom. The van der Waals surface area contributed by atoms with Gasteiger partial charge in [-0.25, -0.2) is 8.42 Å². The summed E-state index contributed by atoms with van der Waals surface area (Å²) in [6.45, 7) is 0. The highest BCUT2D eigenvalue weighted by Crippen LogP contribution is 2.25. The first-order chi connectivity index (χ1) is 6.96. The number of rotatable bonds is 2. The summed E-state index contributed by atoms with van der Waals surface area (Å²) < 4.78 is 27.5. The fourth-order valence-electron chi connectivity index (χ4n) is 1.47. The van der Waals surface area contributed by atoms with Crippen LogP contribution in [0.25, 0.3) is 11.0 Å². The van der Waals surface area contributed by atoms with Crippen LogP contribution in [0.4, 0.5) is 5.69 Å². The molecular weight excluding hydrogens is 214 g/mol. The molecule has 2 N–H and O–H groups in total. The minimum atomic E-state index is -3.07. The molecule has 0 fully saturated rings. The van der Waals surface area contributed by atoms with E-state index in [1.807, 2.05) is 6.07 Å². The van der Waals surface area contributed by atoms with Crippen molar-refractivity contribution in [1.82, 2.24) is 0 Å². The van der Waals surface area contributed by atoms with Crippen molar-refractivity contribution >= 4 is 26.5 Å².